The average molecular weight is 216 g/mol. The Morgan fingerprint density at radius 1 is 1.21 bits per heavy atom. The SMILES string of the molecule is CC(C)S(=O)(=O)N1C2C[CH]CC1CC2. The molecule has 81 valence electrons. The Labute approximate surface area is 86.5 Å². The standard InChI is InChI=1S/C10H18NO2S/c1-8(2)14(12,13)11-9-4-3-5-10(11)7-6-9/h3,8-10H,4-7H2,1-2H3. The highest BCUT2D eigenvalue weighted by molar-refractivity contribution is 7.89. The van der Waals surface area contributed by atoms with E-state index >= 15 is 0 Å². The van der Waals surface area contributed by atoms with Gasteiger partial charge in [-0.15, -0.1) is 0 Å². The highest BCUT2D eigenvalue weighted by Crippen LogP contribution is 2.38. The van der Waals surface area contributed by atoms with E-state index in [2.05, 4.69) is 6.42 Å². The predicted octanol–water partition coefficient (Wildman–Crippen LogP) is 1.56. The van der Waals surface area contributed by atoms with Gasteiger partial charge in [0.2, 0.25) is 10.0 Å². The highest BCUT2D eigenvalue weighted by atomic mass is 32.2. The quantitative estimate of drug-likeness (QED) is 0.702. The molecular weight excluding hydrogens is 198 g/mol. The number of hydrogen-bond donors (Lipinski definition) is 0. The molecule has 0 aromatic carbocycles. The summed E-state index contributed by atoms with van der Waals surface area (Å²) in [6, 6.07) is 0.530. The van der Waals surface area contributed by atoms with E-state index in [1.165, 1.54) is 0 Å². The van der Waals surface area contributed by atoms with E-state index in [9.17, 15) is 8.42 Å². The number of rotatable bonds is 2. The van der Waals surface area contributed by atoms with Crippen LogP contribution in [0.5, 0.6) is 0 Å². The van der Waals surface area contributed by atoms with E-state index in [0.29, 0.717) is 0 Å². The molecule has 2 rings (SSSR count). The number of nitrogens with zero attached hydrogens (tertiary/aromatic N) is 1. The highest BCUT2D eigenvalue weighted by Gasteiger charge is 2.44. The van der Waals surface area contributed by atoms with Crippen molar-refractivity contribution >= 4 is 10.0 Å². The number of piperidine rings is 1. The summed E-state index contributed by atoms with van der Waals surface area (Å²) in [5.41, 5.74) is 0. The molecule has 2 bridgehead atoms. The lowest BCUT2D eigenvalue weighted by molar-refractivity contribution is 0.280. The Morgan fingerprint density at radius 2 is 1.71 bits per heavy atom. The minimum absolute atomic E-state index is 0.265. The van der Waals surface area contributed by atoms with Gasteiger partial charge in [0.25, 0.3) is 0 Å². The van der Waals surface area contributed by atoms with Crippen molar-refractivity contribution in [3.63, 3.8) is 0 Å². The fraction of sp³-hybridized carbons (Fsp3) is 0.900. The Morgan fingerprint density at radius 3 is 2.14 bits per heavy atom. The van der Waals surface area contributed by atoms with Gasteiger partial charge in [-0.3, -0.25) is 0 Å². The van der Waals surface area contributed by atoms with Crippen molar-refractivity contribution in [3.05, 3.63) is 6.42 Å². The molecule has 0 amide bonds. The van der Waals surface area contributed by atoms with Crippen LogP contribution in [0.3, 0.4) is 0 Å². The third kappa shape index (κ3) is 1.48. The van der Waals surface area contributed by atoms with Crippen LogP contribution in [0.15, 0.2) is 0 Å². The molecule has 0 aromatic heterocycles. The van der Waals surface area contributed by atoms with Crippen LogP contribution in [0.4, 0.5) is 0 Å². The molecule has 14 heavy (non-hydrogen) atoms. The van der Waals surface area contributed by atoms with Gasteiger partial charge in [0, 0.05) is 12.1 Å². The largest absolute Gasteiger partial charge is 0.216 e. The predicted molar refractivity (Wildman–Crippen MR) is 56.2 cm³/mol. The summed E-state index contributed by atoms with van der Waals surface area (Å²) in [5, 5.41) is -0.274. The van der Waals surface area contributed by atoms with Crippen LogP contribution in [0.25, 0.3) is 0 Å². The second-order valence-electron chi connectivity index (χ2n) is 4.57. The zero-order valence-electron chi connectivity index (χ0n) is 8.81. The molecule has 2 fully saturated rings. The summed E-state index contributed by atoms with van der Waals surface area (Å²) in [6.07, 6.45) is 6.24. The molecular formula is C10H18NO2S. The van der Waals surface area contributed by atoms with E-state index in [0.717, 1.165) is 25.7 Å². The molecule has 2 aliphatic heterocycles. The first-order chi connectivity index (χ1) is 6.53. The summed E-state index contributed by atoms with van der Waals surface area (Å²) in [4.78, 5) is 0. The van der Waals surface area contributed by atoms with Gasteiger partial charge in [-0.05, 0) is 46.0 Å². The summed E-state index contributed by atoms with van der Waals surface area (Å²) in [6.45, 7) is 3.54. The third-order valence-corrected chi connectivity index (χ3v) is 5.70. The second kappa shape index (κ2) is 3.49. The van der Waals surface area contributed by atoms with Crippen LogP contribution in [0, 0.1) is 6.42 Å². The van der Waals surface area contributed by atoms with Gasteiger partial charge in [-0.25, -0.2) is 8.42 Å². The van der Waals surface area contributed by atoms with Crippen molar-refractivity contribution in [2.45, 2.75) is 56.9 Å². The van der Waals surface area contributed by atoms with Crippen LogP contribution in [0.1, 0.15) is 39.5 Å². The normalized spacial score (nSPS) is 33.9. The molecule has 0 N–H and O–H groups in total. The lowest BCUT2D eigenvalue weighted by Crippen LogP contribution is -2.46. The lowest BCUT2D eigenvalue weighted by Gasteiger charge is -2.34. The Hall–Kier alpha value is -0.0900. The van der Waals surface area contributed by atoms with Crippen LogP contribution in [0.2, 0.25) is 0 Å². The Balaban J connectivity index is 2.27. The molecule has 2 saturated heterocycles. The van der Waals surface area contributed by atoms with Gasteiger partial charge in [0.05, 0.1) is 5.25 Å². The van der Waals surface area contributed by atoms with E-state index in [1.807, 2.05) is 0 Å². The molecule has 3 nitrogen and oxygen atoms in total. The number of fused-ring (bicyclic) bond motifs is 2. The smallest absolute Gasteiger partial charge is 0.212 e. The second-order valence-corrected chi connectivity index (χ2v) is 6.96. The maximum atomic E-state index is 12.1. The van der Waals surface area contributed by atoms with E-state index < -0.39 is 10.0 Å². The maximum absolute atomic E-state index is 12.1. The fourth-order valence-electron chi connectivity index (χ4n) is 2.52. The monoisotopic (exact) mass is 216 g/mol. The minimum Gasteiger partial charge on any atom is -0.212 e. The molecule has 2 aliphatic rings. The topological polar surface area (TPSA) is 37.4 Å². The van der Waals surface area contributed by atoms with Gasteiger partial charge in [0.1, 0.15) is 0 Å². The molecule has 0 aliphatic carbocycles. The van der Waals surface area contributed by atoms with E-state index in [4.69, 9.17) is 0 Å². The summed E-state index contributed by atoms with van der Waals surface area (Å²) >= 11 is 0. The molecule has 1 radical (unpaired) electrons. The van der Waals surface area contributed by atoms with Crippen molar-refractivity contribution in [1.82, 2.24) is 4.31 Å². The van der Waals surface area contributed by atoms with Crippen molar-refractivity contribution < 1.29 is 8.42 Å². The molecule has 2 heterocycles. The van der Waals surface area contributed by atoms with Crippen molar-refractivity contribution in [1.29, 1.82) is 0 Å². The summed E-state index contributed by atoms with van der Waals surface area (Å²) in [7, 11) is -3.02. The first kappa shape index (κ1) is 10.4. The minimum atomic E-state index is -3.02. The molecule has 4 heteroatoms. The zero-order valence-corrected chi connectivity index (χ0v) is 9.63. The van der Waals surface area contributed by atoms with Gasteiger partial charge in [0.15, 0.2) is 0 Å². The molecule has 0 saturated carbocycles. The molecule has 2 atom stereocenters. The van der Waals surface area contributed by atoms with Crippen LogP contribution in [-0.2, 0) is 10.0 Å². The van der Waals surface area contributed by atoms with Gasteiger partial charge in [-0.2, -0.15) is 4.31 Å². The Bertz CT molecular complexity index is 294. The van der Waals surface area contributed by atoms with Crippen molar-refractivity contribution in [3.8, 4) is 0 Å². The van der Waals surface area contributed by atoms with Gasteiger partial charge in [-0.1, -0.05) is 0 Å². The summed E-state index contributed by atoms with van der Waals surface area (Å²) in [5.74, 6) is 0. The zero-order chi connectivity index (χ0) is 10.3. The van der Waals surface area contributed by atoms with E-state index in [-0.39, 0.29) is 17.3 Å². The van der Waals surface area contributed by atoms with E-state index in [1.54, 1.807) is 18.2 Å². The fourth-order valence-corrected chi connectivity index (χ4v) is 4.22. The number of hydrogen-bond acceptors (Lipinski definition) is 2. The molecule has 0 spiro atoms. The first-order valence-corrected chi connectivity index (χ1v) is 6.88. The van der Waals surface area contributed by atoms with Crippen LogP contribution < -0.4 is 0 Å². The third-order valence-electron chi connectivity index (χ3n) is 3.32. The van der Waals surface area contributed by atoms with Crippen LogP contribution in [-0.4, -0.2) is 30.1 Å². The van der Waals surface area contributed by atoms with Crippen LogP contribution >= 0.6 is 0 Å². The maximum Gasteiger partial charge on any atom is 0.216 e. The van der Waals surface area contributed by atoms with Crippen molar-refractivity contribution in [2.75, 3.05) is 0 Å². The van der Waals surface area contributed by atoms with Gasteiger partial charge >= 0.3 is 0 Å². The molecule has 2 unspecified atom stereocenters. The molecule has 0 aromatic rings. The lowest BCUT2D eigenvalue weighted by atomic mass is 10.1. The summed E-state index contributed by atoms with van der Waals surface area (Å²) < 4.78 is 25.9. The Kier molecular flexibility index (Phi) is 2.60. The average Bonchev–Trinajstić information content (AvgIpc) is 2.38. The number of sulfonamides is 1. The van der Waals surface area contributed by atoms with Crippen molar-refractivity contribution in [2.24, 2.45) is 0 Å². The first-order valence-electron chi connectivity index (χ1n) is 5.37. The van der Waals surface area contributed by atoms with Gasteiger partial charge < -0.3 is 0 Å².